The number of aliphatic carboxylic acids is 1. The Labute approximate surface area is 886 Å². The van der Waals surface area contributed by atoms with Gasteiger partial charge in [-0.25, -0.2) is 4.79 Å². The lowest BCUT2D eigenvalue weighted by molar-refractivity contribution is -0.145. The SMILES string of the molecule is CSCC[C@H](NC(=O)CNC(=O)[C@H](Cc1c[nH]c2ccccc12)NC(=O)[C@H](CO)NC(=O)[C@H](CO)NC(=O)[C@H](CCC(N)=O)NC(=O)[C@H](CC(C)C)NC(=O)[C@H](C)NC(=O)[C@H](C)NC(=O)[C@H](CCC(N)=O)NC(=O)[C@H](C)NC(=O)[C@H](C)NC(=O)[C@H](C)NC(=O)[C@H](CCSC)NC(=O)[C@H](CCSC)NC(=O)[C@H](C)NC(=O)[C@@H]1CCCN1)C(=O)N[C@@H](CCSC)C(=O)NCC(=O)N(C)[C@H](C(=O)N[C@@H](C)C(=O)N[C@@H](CO)C(=O)O)C(C)(C)C. The molecule has 1 aliphatic rings. The van der Waals surface area contributed by atoms with Crippen molar-refractivity contribution in [1.29, 1.82) is 0 Å². The number of aromatic nitrogens is 1. The molecule has 3 rings (SSSR count). The van der Waals surface area contributed by atoms with Crippen LogP contribution in [0.3, 0.4) is 0 Å². The van der Waals surface area contributed by atoms with Gasteiger partial charge in [-0.3, -0.25) is 110 Å². The molecule has 2 aromatic rings. The van der Waals surface area contributed by atoms with Gasteiger partial charge in [0.1, 0.15) is 115 Å². The number of fused-ring (bicyclic) bond motifs is 1. The van der Waals surface area contributed by atoms with Crippen LogP contribution in [-0.4, -0.2) is 388 Å². The molecular weight excluding hydrogens is 2040 g/mol. The number of nitrogens with zero attached hydrogens (tertiary/aromatic N) is 1. The molecule has 20 atom stereocenters. The fourth-order valence-corrected chi connectivity index (χ4v) is 16.7. The predicted molar refractivity (Wildman–Crippen MR) is 557 cm³/mol. The molecule has 30 N–H and O–H groups in total. The van der Waals surface area contributed by atoms with Crippen LogP contribution < -0.4 is 123 Å². The average Bonchev–Trinajstić information content (AvgIpc) is 1.73. The minimum Gasteiger partial charge on any atom is -0.480 e. The molecule has 57 heteroatoms. The summed E-state index contributed by atoms with van der Waals surface area (Å²) >= 11 is 5.38. The van der Waals surface area contributed by atoms with Crippen LogP contribution in [0.5, 0.6) is 0 Å². The molecule has 1 aromatic carbocycles. The van der Waals surface area contributed by atoms with E-state index in [1.54, 1.807) is 83.9 Å². The van der Waals surface area contributed by atoms with Crippen LogP contribution in [0.4, 0.5) is 0 Å². The van der Waals surface area contributed by atoms with Gasteiger partial charge in [0, 0.05) is 43.4 Å². The van der Waals surface area contributed by atoms with Gasteiger partial charge in [0.05, 0.1) is 39.0 Å². The number of thioether (sulfide) groups is 4. The normalized spacial score (nSPS) is 16.0. The summed E-state index contributed by atoms with van der Waals surface area (Å²) in [5.41, 5.74) is 10.9. The van der Waals surface area contributed by atoms with Crippen LogP contribution in [0, 0.1) is 11.3 Å². The second kappa shape index (κ2) is 66.8. The third-order valence-electron chi connectivity index (χ3n) is 23.4. The van der Waals surface area contributed by atoms with Crippen LogP contribution >= 0.6 is 47.0 Å². The lowest BCUT2D eigenvalue weighted by atomic mass is 9.85. The zero-order valence-corrected chi connectivity index (χ0v) is 90.7. The molecule has 840 valence electrons. The number of carbonyl (C=O) groups excluding carboxylic acids is 23. The van der Waals surface area contributed by atoms with Crippen molar-refractivity contribution < 1.29 is 135 Å². The summed E-state index contributed by atoms with van der Waals surface area (Å²) < 4.78 is 0. The number of nitrogens with one attached hydrogen (secondary N) is 22. The average molecular weight is 2200 g/mol. The number of amides is 23. The second-order valence-corrected chi connectivity index (χ2v) is 41.4. The zero-order valence-electron chi connectivity index (χ0n) is 87.4. The molecule has 1 fully saturated rings. The Bertz CT molecular complexity index is 4990. The van der Waals surface area contributed by atoms with Crippen molar-refractivity contribution in [1.82, 2.24) is 122 Å². The maximum absolute atomic E-state index is 14.4. The molecule has 1 aromatic heterocycles. The summed E-state index contributed by atoms with van der Waals surface area (Å²) in [5.74, 6) is -21.9. The highest BCUT2D eigenvalue weighted by molar-refractivity contribution is 7.99. The molecular formula is C93H151N25O28S4. The number of carboxylic acid groups (broad SMARTS) is 1. The van der Waals surface area contributed by atoms with Gasteiger partial charge in [0.2, 0.25) is 136 Å². The summed E-state index contributed by atoms with van der Waals surface area (Å²) in [6, 6.07) is -21.7. The van der Waals surface area contributed by atoms with Gasteiger partial charge >= 0.3 is 5.97 Å². The third kappa shape index (κ3) is 46.0. The van der Waals surface area contributed by atoms with E-state index >= 15 is 0 Å². The molecule has 0 saturated carbocycles. The van der Waals surface area contributed by atoms with Gasteiger partial charge in [-0.2, -0.15) is 47.0 Å². The first-order valence-corrected chi connectivity index (χ1v) is 54.2. The van der Waals surface area contributed by atoms with Crippen LogP contribution in [0.1, 0.15) is 159 Å². The highest BCUT2D eigenvalue weighted by Crippen LogP contribution is 2.25. The minimum atomic E-state index is -2.01. The number of hydrogen-bond donors (Lipinski definition) is 28. The molecule has 0 unspecified atom stereocenters. The Morgan fingerprint density at radius 1 is 0.387 bits per heavy atom. The standard InChI is InChI=1S/C93H151N25O28S4/c1-45(2)37-63(113-78(131)50(7)102-75(128)47(4)104-83(136)57(24-26-68(94)122)108-76(129)49(6)101-73(126)46(3)100-74(127)48(5)105-84(137)61(30-35-149-16)112-87(140)62(31-36-150-17)109-77(130)51(8)103-82(135)56-23-20-32-96-56)88(141)110-58(25-27-69(95)123)85(138)115-66(43-120)90(143)116-65(42-119)89(142)114-64(38-53-39-97-55-22-19-18-21-54(53)55)81(134)98-40-70(124)107-60(29-34-148-15)86(139)111-59(28-33-147-14)80(133)99-41-71(125)118(13)72(93(10,11)12)91(144)106-52(9)79(132)117-67(44-121)92(145)146/h18-19,21-22,39,45-52,56-67,72,96-97,119-121H,20,23-38,40-44H2,1-17H3,(H2,94,122)(H2,95,123)(H,98,134)(H,99,133)(H,100,127)(H,101,126)(H,102,128)(H,103,135)(H,104,136)(H,105,137)(H,106,144)(H,107,124)(H,108,129)(H,109,130)(H,110,141)(H,111,139)(H,112,140)(H,113,131)(H,114,142)(H,115,138)(H,116,143)(H,117,132)(H,145,146)/t46-,47-,48-,49-,50-,51-,52-,56-,57-,58-,59-,60-,61-,62-,63-,64-,65-,66-,67-,72+/m0/s1. The molecule has 0 spiro atoms. The number of primary amides is 2. The fourth-order valence-electron chi connectivity index (χ4n) is 14.8. The first kappa shape index (κ1) is 131. The summed E-state index contributed by atoms with van der Waals surface area (Å²) in [6.45, 7) is 12.8. The lowest BCUT2D eigenvalue weighted by Crippen LogP contribution is -2.61. The molecule has 0 aliphatic carbocycles. The van der Waals surface area contributed by atoms with E-state index in [0.29, 0.717) is 46.7 Å². The maximum Gasteiger partial charge on any atom is 0.328 e. The van der Waals surface area contributed by atoms with Crippen molar-refractivity contribution in [3.63, 3.8) is 0 Å². The number of carbonyl (C=O) groups is 24. The molecule has 1 saturated heterocycles. The van der Waals surface area contributed by atoms with E-state index < -0.39 is 327 Å². The number of aliphatic hydroxyl groups is 3. The molecule has 1 aliphatic heterocycles. The topological polar surface area (TPSA) is 814 Å². The van der Waals surface area contributed by atoms with Crippen LogP contribution in [0.25, 0.3) is 10.9 Å². The number of hydrogen-bond acceptors (Lipinski definition) is 32. The molecule has 2 heterocycles. The lowest BCUT2D eigenvalue weighted by Gasteiger charge is -2.37. The molecule has 0 radical (unpaired) electrons. The third-order valence-corrected chi connectivity index (χ3v) is 26.0. The number of aromatic amines is 1. The zero-order chi connectivity index (χ0) is 113. The number of nitrogens with two attached hydrogens (primary N) is 2. The van der Waals surface area contributed by atoms with Gasteiger partial charge in [-0.15, -0.1) is 0 Å². The van der Waals surface area contributed by atoms with Crippen molar-refractivity contribution >= 4 is 200 Å². The number of likely N-dealkylation sites (N-methyl/N-ethyl adjacent to an activating group) is 1. The maximum atomic E-state index is 14.4. The Balaban J connectivity index is 1.73. The first-order valence-electron chi connectivity index (χ1n) is 48.6. The number of carboxylic acids is 1. The van der Waals surface area contributed by atoms with E-state index in [2.05, 4.69) is 117 Å². The van der Waals surface area contributed by atoms with Gasteiger partial charge in [0.15, 0.2) is 0 Å². The molecule has 150 heavy (non-hydrogen) atoms. The van der Waals surface area contributed by atoms with Crippen molar-refractivity contribution in [2.75, 3.05) is 94.5 Å². The van der Waals surface area contributed by atoms with E-state index in [9.17, 15) is 135 Å². The molecule has 23 amide bonds. The number of para-hydroxylation sites is 1. The summed E-state index contributed by atoms with van der Waals surface area (Å²) in [7, 11) is 1.28. The van der Waals surface area contributed by atoms with E-state index in [0.717, 1.165) is 11.3 Å². The van der Waals surface area contributed by atoms with Crippen molar-refractivity contribution in [3.8, 4) is 0 Å². The number of H-pyrrole nitrogens is 1. The summed E-state index contributed by atoms with van der Waals surface area (Å²) in [4.78, 5) is 329. The summed E-state index contributed by atoms with van der Waals surface area (Å²) in [5, 5.41) is 92.4. The van der Waals surface area contributed by atoms with Gasteiger partial charge in [-0.05, 0) is 184 Å². The predicted octanol–water partition coefficient (Wildman–Crippen LogP) is -8.92. The van der Waals surface area contributed by atoms with Crippen molar-refractivity contribution in [2.45, 2.75) is 281 Å². The second-order valence-electron chi connectivity index (χ2n) is 37.4. The Hall–Kier alpha value is -12.7. The van der Waals surface area contributed by atoms with Crippen molar-refractivity contribution in [3.05, 3.63) is 36.0 Å². The number of aliphatic hydroxyl groups excluding tert-OH is 3. The summed E-state index contributed by atoms with van der Waals surface area (Å²) in [6.07, 6.45) is 7.58. The Morgan fingerprint density at radius 2 is 0.700 bits per heavy atom. The quantitative estimate of drug-likeness (QED) is 0.0292. The van der Waals surface area contributed by atoms with Crippen LogP contribution in [0.15, 0.2) is 30.5 Å². The molecule has 53 nitrogen and oxygen atoms in total. The highest BCUT2D eigenvalue weighted by atomic mass is 32.2. The Morgan fingerprint density at radius 3 is 1.08 bits per heavy atom. The number of benzene rings is 1. The minimum absolute atomic E-state index is 0.00710. The smallest absolute Gasteiger partial charge is 0.328 e. The monoisotopic (exact) mass is 2190 g/mol. The first-order chi connectivity index (χ1) is 70.5. The van der Waals surface area contributed by atoms with Crippen molar-refractivity contribution in [2.24, 2.45) is 22.8 Å². The fraction of sp³-hybridized carbons (Fsp3) is 0.656. The van der Waals surface area contributed by atoms with E-state index in [4.69, 9.17) is 11.5 Å². The van der Waals surface area contributed by atoms with Gasteiger partial charge in [0.25, 0.3) is 0 Å². The van der Waals surface area contributed by atoms with E-state index in [1.807, 2.05) is 0 Å². The van der Waals surface area contributed by atoms with Gasteiger partial charge in [-0.1, -0.05) is 52.8 Å². The van der Waals surface area contributed by atoms with E-state index in [-0.39, 0.29) is 50.2 Å². The van der Waals surface area contributed by atoms with Gasteiger partial charge < -0.3 is 153 Å². The largest absolute Gasteiger partial charge is 0.480 e. The Kier molecular flexibility index (Phi) is 58.5. The highest BCUT2D eigenvalue weighted by Gasteiger charge is 2.42. The molecule has 0 bridgehead atoms. The van der Waals surface area contributed by atoms with E-state index in [1.165, 1.54) is 109 Å². The van der Waals surface area contributed by atoms with Crippen LogP contribution in [-0.2, 0) is 121 Å². The number of rotatable bonds is 68. The van der Waals surface area contributed by atoms with Crippen LogP contribution in [0.2, 0.25) is 0 Å².